The maximum Gasteiger partial charge on any atom is 0.0818 e. The average Bonchev–Trinajstić information content (AvgIpc) is 2.76. The van der Waals surface area contributed by atoms with Gasteiger partial charge in [-0.2, -0.15) is 0 Å². The maximum absolute atomic E-state index is 6.20. The molecule has 0 aliphatic heterocycles. The van der Waals surface area contributed by atoms with Crippen molar-refractivity contribution in [1.82, 2.24) is 0 Å². The summed E-state index contributed by atoms with van der Waals surface area (Å²) in [7, 11) is 0. The van der Waals surface area contributed by atoms with E-state index in [1.807, 2.05) is 6.07 Å². The molecular weight excluding hydrogens is 416 g/mol. The number of halogens is 1. The van der Waals surface area contributed by atoms with Crippen LogP contribution in [0.1, 0.15) is 116 Å². The van der Waals surface area contributed by atoms with Gasteiger partial charge in [-0.05, 0) is 30.2 Å². The van der Waals surface area contributed by atoms with Crippen LogP contribution in [0, 0.1) is 5.41 Å². The number of ether oxygens (including phenoxy) is 2. The van der Waals surface area contributed by atoms with Gasteiger partial charge < -0.3 is 9.47 Å². The predicted molar refractivity (Wildman–Crippen MR) is 141 cm³/mol. The number of rotatable bonds is 21. The van der Waals surface area contributed by atoms with Crippen LogP contribution in [0.25, 0.3) is 0 Å². The van der Waals surface area contributed by atoms with Gasteiger partial charge in [0.1, 0.15) is 0 Å². The van der Waals surface area contributed by atoms with Crippen molar-refractivity contribution in [2.45, 2.75) is 123 Å². The largest absolute Gasteiger partial charge is 0.379 e. The van der Waals surface area contributed by atoms with Gasteiger partial charge in [-0.1, -0.05) is 122 Å². The zero-order chi connectivity index (χ0) is 23.3. The molecule has 0 aliphatic carbocycles. The summed E-state index contributed by atoms with van der Waals surface area (Å²) in [6.07, 6.45) is 18.7. The Labute approximate surface area is 204 Å². The van der Waals surface area contributed by atoms with Crippen molar-refractivity contribution in [3.63, 3.8) is 0 Å². The lowest BCUT2D eigenvalue weighted by molar-refractivity contribution is -0.0430. The van der Waals surface area contributed by atoms with Crippen LogP contribution in [0.5, 0.6) is 0 Å². The average molecular weight is 467 g/mol. The number of benzene rings is 1. The van der Waals surface area contributed by atoms with Crippen molar-refractivity contribution in [3.05, 3.63) is 35.9 Å². The van der Waals surface area contributed by atoms with E-state index >= 15 is 0 Å². The van der Waals surface area contributed by atoms with E-state index < -0.39 is 0 Å². The third-order valence-electron chi connectivity index (χ3n) is 5.89. The Balaban J connectivity index is 1.97. The molecule has 0 spiro atoms. The van der Waals surface area contributed by atoms with E-state index in [0.29, 0.717) is 13.2 Å². The van der Waals surface area contributed by atoms with Crippen LogP contribution in [-0.2, 0) is 16.1 Å². The summed E-state index contributed by atoms with van der Waals surface area (Å²) in [5, 5.41) is 0. The first kappa shape index (κ1) is 29.5. The van der Waals surface area contributed by atoms with Gasteiger partial charge in [-0.15, -0.1) is 11.6 Å². The van der Waals surface area contributed by atoms with Crippen molar-refractivity contribution in [2.75, 3.05) is 19.1 Å². The molecule has 32 heavy (non-hydrogen) atoms. The minimum Gasteiger partial charge on any atom is -0.379 e. The second-order valence-electron chi connectivity index (χ2n) is 10.5. The third-order valence-corrected chi connectivity index (χ3v) is 6.16. The lowest BCUT2D eigenvalue weighted by Gasteiger charge is -2.26. The van der Waals surface area contributed by atoms with Crippen LogP contribution in [-0.4, -0.2) is 25.2 Å². The number of hydrogen-bond acceptors (Lipinski definition) is 2. The van der Waals surface area contributed by atoms with Gasteiger partial charge >= 0.3 is 0 Å². The van der Waals surface area contributed by atoms with Gasteiger partial charge in [0.05, 0.1) is 19.3 Å². The van der Waals surface area contributed by atoms with E-state index in [9.17, 15) is 0 Å². The molecule has 0 saturated heterocycles. The first-order valence-corrected chi connectivity index (χ1v) is 13.8. The molecular formula is C29H51ClO2. The van der Waals surface area contributed by atoms with Gasteiger partial charge in [0.15, 0.2) is 0 Å². The molecule has 2 nitrogen and oxygen atoms in total. The van der Waals surface area contributed by atoms with Gasteiger partial charge in [0, 0.05) is 12.5 Å². The summed E-state index contributed by atoms with van der Waals surface area (Å²) >= 11 is 5.71. The molecule has 0 heterocycles. The monoisotopic (exact) mass is 466 g/mol. The van der Waals surface area contributed by atoms with E-state index in [1.165, 1.54) is 89.0 Å². The van der Waals surface area contributed by atoms with Crippen LogP contribution in [0.15, 0.2) is 30.3 Å². The van der Waals surface area contributed by atoms with E-state index in [2.05, 4.69) is 45.0 Å². The molecule has 1 atom stereocenters. The summed E-state index contributed by atoms with van der Waals surface area (Å²) in [5.74, 6) is 0.826. The maximum atomic E-state index is 6.20. The highest BCUT2D eigenvalue weighted by molar-refractivity contribution is 6.17. The first-order chi connectivity index (χ1) is 15.5. The fourth-order valence-corrected chi connectivity index (χ4v) is 4.28. The van der Waals surface area contributed by atoms with Crippen LogP contribution in [0.4, 0.5) is 0 Å². The highest BCUT2D eigenvalue weighted by atomic mass is 35.5. The summed E-state index contributed by atoms with van der Waals surface area (Å²) in [5.41, 5.74) is 1.48. The minimum absolute atomic E-state index is 0.163. The molecule has 0 bridgehead atoms. The van der Waals surface area contributed by atoms with Crippen LogP contribution in [0.2, 0.25) is 0 Å². The number of alkyl halides is 1. The second kappa shape index (κ2) is 19.9. The summed E-state index contributed by atoms with van der Waals surface area (Å²) < 4.78 is 12.2. The topological polar surface area (TPSA) is 18.5 Å². The smallest absolute Gasteiger partial charge is 0.0818 e. The highest BCUT2D eigenvalue weighted by Gasteiger charge is 2.19. The van der Waals surface area contributed by atoms with Crippen LogP contribution in [0.3, 0.4) is 0 Å². The van der Waals surface area contributed by atoms with E-state index in [1.54, 1.807) is 0 Å². The minimum atomic E-state index is 0.163. The van der Waals surface area contributed by atoms with Crippen molar-refractivity contribution < 1.29 is 9.47 Å². The Morgan fingerprint density at radius 3 is 1.72 bits per heavy atom. The van der Waals surface area contributed by atoms with Crippen molar-refractivity contribution in [2.24, 2.45) is 5.41 Å². The molecule has 0 N–H and O–H groups in total. The van der Waals surface area contributed by atoms with Gasteiger partial charge in [-0.25, -0.2) is 0 Å². The zero-order valence-corrected chi connectivity index (χ0v) is 22.1. The van der Waals surface area contributed by atoms with Crippen LogP contribution >= 0.6 is 11.6 Å². The van der Waals surface area contributed by atoms with Crippen molar-refractivity contribution in [3.8, 4) is 0 Å². The number of unbranched alkanes of at least 4 members (excludes halogenated alkanes) is 12. The molecule has 0 fully saturated rings. The Hall–Kier alpha value is -0.570. The Morgan fingerprint density at radius 1 is 0.719 bits per heavy atom. The van der Waals surface area contributed by atoms with E-state index in [0.717, 1.165) is 18.9 Å². The van der Waals surface area contributed by atoms with Crippen molar-refractivity contribution >= 4 is 11.6 Å². The quantitative estimate of drug-likeness (QED) is 0.133. The fourth-order valence-electron chi connectivity index (χ4n) is 4.10. The molecule has 1 aromatic carbocycles. The standard InChI is InChI=1S/C29H51ClO2/c1-29(2,3)24-28(32-25-27-20-16-15-17-21-27)26-31-23-19-14-12-10-8-6-4-5-7-9-11-13-18-22-30/h15-17,20-21,28H,4-14,18-19,22-26H2,1-3H3. The molecule has 0 aromatic heterocycles. The first-order valence-electron chi connectivity index (χ1n) is 13.3. The molecule has 1 unspecified atom stereocenters. The Morgan fingerprint density at radius 2 is 1.22 bits per heavy atom. The second-order valence-corrected chi connectivity index (χ2v) is 10.9. The molecule has 3 heteroatoms. The lowest BCUT2D eigenvalue weighted by atomic mass is 9.89. The summed E-state index contributed by atoms with van der Waals surface area (Å²) in [4.78, 5) is 0. The molecule has 1 aromatic rings. The molecule has 0 saturated carbocycles. The fraction of sp³-hybridized carbons (Fsp3) is 0.793. The SMILES string of the molecule is CC(C)(C)CC(COCCCCCCCCCCCCCCCCl)OCc1ccccc1. The molecule has 186 valence electrons. The van der Waals surface area contributed by atoms with Crippen LogP contribution < -0.4 is 0 Å². The molecule has 0 radical (unpaired) electrons. The zero-order valence-electron chi connectivity index (χ0n) is 21.4. The summed E-state index contributed by atoms with van der Waals surface area (Å²) in [6.45, 7) is 9.05. The highest BCUT2D eigenvalue weighted by Crippen LogP contribution is 2.23. The van der Waals surface area contributed by atoms with Gasteiger partial charge in [-0.3, -0.25) is 0 Å². The van der Waals surface area contributed by atoms with Gasteiger partial charge in [0.2, 0.25) is 0 Å². The molecule has 1 rings (SSSR count). The van der Waals surface area contributed by atoms with E-state index in [4.69, 9.17) is 21.1 Å². The summed E-state index contributed by atoms with van der Waals surface area (Å²) in [6, 6.07) is 10.4. The number of hydrogen-bond donors (Lipinski definition) is 0. The Bertz CT molecular complexity index is 512. The predicted octanol–water partition coefficient (Wildman–Crippen LogP) is 9.33. The molecule has 0 aliphatic rings. The normalized spacial score (nSPS) is 12.9. The van der Waals surface area contributed by atoms with Gasteiger partial charge in [0.25, 0.3) is 0 Å². The third kappa shape index (κ3) is 18.9. The van der Waals surface area contributed by atoms with E-state index in [-0.39, 0.29) is 11.5 Å². The Kier molecular flexibility index (Phi) is 18.3. The molecule has 0 amide bonds. The van der Waals surface area contributed by atoms with Crippen molar-refractivity contribution in [1.29, 1.82) is 0 Å². The lowest BCUT2D eigenvalue weighted by Crippen LogP contribution is -2.26.